The van der Waals surface area contributed by atoms with E-state index >= 15 is 0 Å². The molecule has 0 aromatic carbocycles. The molecule has 1 heterocycles. The Kier molecular flexibility index (Phi) is 2.33. The zero-order valence-electron chi connectivity index (χ0n) is 7.75. The van der Waals surface area contributed by atoms with Crippen molar-refractivity contribution in [3.63, 3.8) is 0 Å². The van der Waals surface area contributed by atoms with Crippen LogP contribution < -0.4 is 0 Å². The van der Waals surface area contributed by atoms with Crippen LogP contribution in [-0.2, 0) is 0 Å². The third-order valence-electron chi connectivity index (χ3n) is 3.75. The van der Waals surface area contributed by atoms with E-state index in [1.165, 1.54) is 4.48 Å². The highest BCUT2D eigenvalue weighted by Crippen LogP contribution is 2.55. The normalized spacial score (nSPS) is 52.3. The monoisotopic (exact) mass is 246 g/mol. The molecule has 0 amide bonds. The first kappa shape index (κ1) is 9.14. The fourth-order valence-electron chi connectivity index (χ4n) is 2.57. The van der Waals surface area contributed by atoms with Crippen molar-refractivity contribution in [2.45, 2.75) is 26.0 Å². The summed E-state index contributed by atoms with van der Waals surface area (Å²) in [5, 5.41) is 3.15. The summed E-state index contributed by atoms with van der Waals surface area (Å²) in [6.45, 7) is 7.19. The molecule has 2 heteroatoms. The molecule has 68 valence electrons. The quantitative estimate of drug-likeness (QED) is 0.626. The van der Waals surface area contributed by atoms with Gasteiger partial charge in [0, 0.05) is 15.7 Å². The molecule has 0 radical (unpaired) electrons. The molecule has 0 saturated heterocycles. The summed E-state index contributed by atoms with van der Waals surface area (Å²) in [7, 11) is 0. The number of rotatable bonds is 0. The Morgan fingerprint density at radius 2 is 1.83 bits per heavy atom. The molecule has 2 rings (SSSR count). The first-order valence-corrected chi connectivity index (χ1v) is 6.37. The van der Waals surface area contributed by atoms with Crippen LogP contribution in [0.2, 0.25) is 0 Å². The topological polar surface area (TPSA) is 0 Å². The molecule has 0 N–H and O–H groups in total. The second kappa shape index (κ2) is 3.06. The Balaban J connectivity index is 2.26. The highest BCUT2D eigenvalue weighted by molar-refractivity contribution is 9.11. The number of hydrogen-bond acceptors (Lipinski definition) is 1. The van der Waals surface area contributed by atoms with E-state index < -0.39 is 0 Å². The lowest BCUT2D eigenvalue weighted by atomic mass is 9.91. The molecular weight excluding hydrogens is 232 g/mol. The molecule has 0 bridgehead atoms. The van der Waals surface area contributed by atoms with Crippen molar-refractivity contribution < 1.29 is 0 Å². The van der Waals surface area contributed by atoms with E-state index in [1.807, 2.05) is 11.8 Å². The van der Waals surface area contributed by atoms with Crippen LogP contribution in [0.1, 0.15) is 20.8 Å². The summed E-state index contributed by atoms with van der Waals surface area (Å²) in [6, 6.07) is 0. The lowest BCUT2D eigenvalue weighted by molar-refractivity contribution is 0.362. The summed E-state index contributed by atoms with van der Waals surface area (Å²) in [4.78, 5) is 0. The standard InChI is InChI=1S/C10H15BrS/c1-5-6(2)9-8(11)4-12-10(9)7(5)3/h4-7,9-10H,1-3H3. The van der Waals surface area contributed by atoms with Crippen molar-refractivity contribution in [1.29, 1.82) is 0 Å². The summed E-state index contributed by atoms with van der Waals surface area (Å²) < 4.78 is 1.45. The molecule has 1 saturated carbocycles. The van der Waals surface area contributed by atoms with E-state index in [9.17, 15) is 0 Å². The van der Waals surface area contributed by atoms with Crippen molar-refractivity contribution in [3.8, 4) is 0 Å². The minimum Gasteiger partial charge on any atom is -0.129 e. The van der Waals surface area contributed by atoms with Gasteiger partial charge in [-0.1, -0.05) is 36.7 Å². The molecule has 0 nitrogen and oxygen atoms in total. The van der Waals surface area contributed by atoms with Gasteiger partial charge in [-0.15, -0.1) is 11.8 Å². The van der Waals surface area contributed by atoms with Crippen LogP contribution in [0.4, 0.5) is 0 Å². The molecule has 1 fully saturated rings. The van der Waals surface area contributed by atoms with Crippen molar-refractivity contribution in [2.24, 2.45) is 23.7 Å². The van der Waals surface area contributed by atoms with Gasteiger partial charge >= 0.3 is 0 Å². The Morgan fingerprint density at radius 1 is 1.17 bits per heavy atom. The van der Waals surface area contributed by atoms with Gasteiger partial charge in [-0.2, -0.15) is 0 Å². The summed E-state index contributed by atoms with van der Waals surface area (Å²) in [5.74, 6) is 3.42. The lowest BCUT2D eigenvalue weighted by Gasteiger charge is -2.16. The van der Waals surface area contributed by atoms with Crippen LogP contribution in [0.3, 0.4) is 0 Å². The minimum atomic E-state index is 0.806. The molecule has 1 aliphatic heterocycles. The summed E-state index contributed by atoms with van der Waals surface area (Å²) >= 11 is 5.71. The molecule has 1 aliphatic carbocycles. The molecule has 12 heavy (non-hydrogen) atoms. The van der Waals surface area contributed by atoms with Gasteiger partial charge in [0.2, 0.25) is 0 Å². The van der Waals surface area contributed by atoms with Gasteiger partial charge in [0.15, 0.2) is 0 Å². The number of allylic oxidation sites excluding steroid dienone is 1. The minimum absolute atomic E-state index is 0.806. The van der Waals surface area contributed by atoms with E-state index in [0.717, 1.165) is 28.9 Å². The van der Waals surface area contributed by atoms with Gasteiger partial charge in [0.1, 0.15) is 0 Å². The average Bonchev–Trinajstić information content (AvgIpc) is 2.51. The second-order valence-electron chi connectivity index (χ2n) is 4.21. The van der Waals surface area contributed by atoms with Crippen LogP contribution in [0.25, 0.3) is 0 Å². The van der Waals surface area contributed by atoms with Gasteiger partial charge in [-0.25, -0.2) is 0 Å². The smallest absolute Gasteiger partial charge is 0.0194 e. The maximum atomic E-state index is 3.68. The Morgan fingerprint density at radius 3 is 2.42 bits per heavy atom. The summed E-state index contributed by atoms with van der Waals surface area (Å²) in [5.41, 5.74) is 0. The molecular formula is C10H15BrS. The molecule has 0 aromatic heterocycles. The first-order chi connectivity index (χ1) is 5.63. The van der Waals surface area contributed by atoms with Gasteiger partial charge < -0.3 is 0 Å². The van der Waals surface area contributed by atoms with Crippen molar-refractivity contribution >= 4 is 27.7 Å². The zero-order chi connectivity index (χ0) is 8.88. The summed E-state index contributed by atoms with van der Waals surface area (Å²) in [6.07, 6.45) is 0. The number of fused-ring (bicyclic) bond motifs is 1. The third-order valence-corrected chi connectivity index (χ3v) is 6.24. The number of halogens is 1. The second-order valence-corrected chi connectivity index (χ2v) is 6.17. The fourth-order valence-corrected chi connectivity index (χ4v) is 5.27. The van der Waals surface area contributed by atoms with E-state index in [0.29, 0.717) is 0 Å². The van der Waals surface area contributed by atoms with Crippen LogP contribution in [0, 0.1) is 23.7 Å². The van der Waals surface area contributed by atoms with Crippen LogP contribution in [-0.4, -0.2) is 5.25 Å². The van der Waals surface area contributed by atoms with Crippen LogP contribution in [0.15, 0.2) is 9.89 Å². The van der Waals surface area contributed by atoms with E-state index in [4.69, 9.17) is 0 Å². The van der Waals surface area contributed by atoms with E-state index in [2.05, 4.69) is 42.1 Å². The van der Waals surface area contributed by atoms with Gasteiger partial charge in [-0.3, -0.25) is 0 Å². The number of hydrogen-bond donors (Lipinski definition) is 0. The van der Waals surface area contributed by atoms with Crippen molar-refractivity contribution in [2.75, 3.05) is 0 Å². The molecule has 5 atom stereocenters. The predicted octanol–water partition coefficient (Wildman–Crippen LogP) is 3.88. The third kappa shape index (κ3) is 1.11. The van der Waals surface area contributed by atoms with Crippen molar-refractivity contribution in [3.05, 3.63) is 9.89 Å². The zero-order valence-corrected chi connectivity index (χ0v) is 10.2. The molecule has 2 aliphatic rings. The molecule has 5 unspecified atom stereocenters. The Labute approximate surface area is 87.3 Å². The maximum absolute atomic E-state index is 3.68. The first-order valence-electron chi connectivity index (χ1n) is 4.64. The fraction of sp³-hybridized carbons (Fsp3) is 0.800. The van der Waals surface area contributed by atoms with E-state index in [-0.39, 0.29) is 0 Å². The van der Waals surface area contributed by atoms with Crippen molar-refractivity contribution in [1.82, 2.24) is 0 Å². The SMILES string of the molecule is CC1C(C)C2SC=C(Br)C2C1C. The van der Waals surface area contributed by atoms with E-state index in [1.54, 1.807) is 0 Å². The highest BCUT2D eigenvalue weighted by Gasteiger charge is 2.47. The lowest BCUT2D eigenvalue weighted by Crippen LogP contribution is -2.13. The largest absolute Gasteiger partial charge is 0.129 e. The number of thioether (sulfide) groups is 1. The Hall–Kier alpha value is 0.570. The van der Waals surface area contributed by atoms with Gasteiger partial charge in [-0.05, 0) is 23.2 Å². The molecule has 0 spiro atoms. The Bertz CT molecular complexity index is 224. The predicted molar refractivity (Wildman–Crippen MR) is 59.4 cm³/mol. The maximum Gasteiger partial charge on any atom is 0.0194 e. The molecule has 0 aromatic rings. The highest BCUT2D eigenvalue weighted by atomic mass is 79.9. The average molecular weight is 247 g/mol. The van der Waals surface area contributed by atoms with Gasteiger partial charge in [0.25, 0.3) is 0 Å². The van der Waals surface area contributed by atoms with Crippen LogP contribution >= 0.6 is 27.7 Å². The van der Waals surface area contributed by atoms with Gasteiger partial charge in [0.05, 0.1) is 0 Å². The van der Waals surface area contributed by atoms with Crippen LogP contribution in [0.5, 0.6) is 0 Å².